The van der Waals surface area contributed by atoms with Crippen LogP contribution >= 0.6 is 0 Å². The number of nitrogens with one attached hydrogen (secondary N) is 1. The number of aryl methyl sites for hydroxylation is 2. The van der Waals surface area contributed by atoms with Crippen LogP contribution in [0.4, 0.5) is 4.79 Å². The number of rotatable bonds is 7. The first-order chi connectivity index (χ1) is 14.3. The van der Waals surface area contributed by atoms with E-state index in [9.17, 15) is 4.79 Å². The molecule has 1 N–H and O–H groups in total. The number of urea groups is 1. The molecular formula is C22H31N5O2. The molecule has 1 aromatic heterocycles. The monoisotopic (exact) mass is 397 g/mol. The minimum Gasteiger partial charge on any atom is -0.379 e. The molecule has 2 aliphatic rings. The average molecular weight is 398 g/mol. The first kappa shape index (κ1) is 19.9. The van der Waals surface area contributed by atoms with Gasteiger partial charge in [0.05, 0.1) is 19.8 Å². The summed E-state index contributed by atoms with van der Waals surface area (Å²) in [6.07, 6.45) is 6.90. The Kier molecular flexibility index (Phi) is 6.79. The highest BCUT2D eigenvalue weighted by Gasteiger charge is 2.30. The number of aromatic nitrogens is 2. The van der Waals surface area contributed by atoms with Crippen LogP contribution in [0.3, 0.4) is 0 Å². The zero-order valence-electron chi connectivity index (χ0n) is 17.0. The number of benzene rings is 1. The number of carbonyl (C=O) groups excluding carboxylic acids is 1. The fraction of sp³-hybridized carbons (Fsp3) is 0.545. The van der Waals surface area contributed by atoms with Crippen molar-refractivity contribution in [2.75, 3.05) is 39.4 Å². The number of morpholine rings is 1. The number of amides is 2. The van der Waals surface area contributed by atoms with Crippen molar-refractivity contribution < 1.29 is 9.53 Å². The predicted molar refractivity (Wildman–Crippen MR) is 112 cm³/mol. The Balaban J connectivity index is 1.27. The summed E-state index contributed by atoms with van der Waals surface area (Å²) < 4.78 is 7.56. The van der Waals surface area contributed by atoms with E-state index in [-0.39, 0.29) is 6.03 Å². The minimum absolute atomic E-state index is 0.0263. The van der Waals surface area contributed by atoms with E-state index in [0.29, 0.717) is 12.6 Å². The second kappa shape index (κ2) is 9.89. The molecule has 7 nitrogen and oxygen atoms in total. The fourth-order valence-electron chi connectivity index (χ4n) is 4.24. The van der Waals surface area contributed by atoms with Gasteiger partial charge in [0, 0.05) is 51.2 Å². The van der Waals surface area contributed by atoms with Crippen LogP contribution in [0.2, 0.25) is 0 Å². The second-order valence-electron chi connectivity index (χ2n) is 7.83. The van der Waals surface area contributed by atoms with Crippen LogP contribution in [-0.4, -0.2) is 70.8 Å². The van der Waals surface area contributed by atoms with E-state index in [1.54, 1.807) is 0 Å². The maximum atomic E-state index is 12.8. The third kappa shape index (κ3) is 5.36. The summed E-state index contributed by atoms with van der Waals surface area (Å²) in [5, 5.41) is 3.09. The molecule has 0 saturated carbocycles. The molecular weight excluding hydrogens is 366 g/mol. The Morgan fingerprint density at radius 2 is 2.00 bits per heavy atom. The van der Waals surface area contributed by atoms with Gasteiger partial charge in [-0.05, 0) is 24.8 Å². The number of ether oxygens (including phenoxy) is 1. The van der Waals surface area contributed by atoms with Gasteiger partial charge in [-0.2, -0.15) is 0 Å². The maximum absolute atomic E-state index is 12.8. The van der Waals surface area contributed by atoms with E-state index in [4.69, 9.17) is 4.74 Å². The fourth-order valence-corrected chi connectivity index (χ4v) is 4.24. The van der Waals surface area contributed by atoms with Gasteiger partial charge in [-0.15, -0.1) is 0 Å². The first-order valence-corrected chi connectivity index (χ1v) is 10.7. The summed E-state index contributed by atoms with van der Waals surface area (Å²) in [6, 6.07) is 10.8. The highest BCUT2D eigenvalue weighted by molar-refractivity contribution is 5.74. The number of imidazole rings is 1. The largest absolute Gasteiger partial charge is 0.379 e. The van der Waals surface area contributed by atoms with E-state index in [1.807, 2.05) is 23.4 Å². The lowest BCUT2D eigenvalue weighted by Crippen LogP contribution is -2.49. The average Bonchev–Trinajstić information content (AvgIpc) is 3.41. The van der Waals surface area contributed by atoms with Gasteiger partial charge >= 0.3 is 6.03 Å². The van der Waals surface area contributed by atoms with Gasteiger partial charge in [0.1, 0.15) is 5.82 Å². The molecule has 4 rings (SSSR count). The highest BCUT2D eigenvalue weighted by Crippen LogP contribution is 2.19. The Bertz CT molecular complexity index is 773. The quantitative estimate of drug-likeness (QED) is 0.778. The lowest BCUT2D eigenvalue weighted by molar-refractivity contribution is 0.0292. The number of hydrogen-bond donors (Lipinski definition) is 1. The molecule has 2 aliphatic heterocycles. The normalized spacial score (nSPS) is 20.1. The van der Waals surface area contributed by atoms with Crippen LogP contribution in [0.1, 0.15) is 24.2 Å². The van der Waals surface area contributed by atoms with E-state index in [0.717, 1.165) is 71.0 Å². The van der Waals surface area contributed by atoms with Gasteiger partial charge < -0.3 is 19.5 Å². The highest BCUT2D eigenvalue weighted by atomic mass is 16.5. The maximum Gasteiger partial charge on any atom is 0.318 e. The smallest absolute Gasteiger partial charge is 0.318 e. The van der Waals surface area contributed by atoms with Gasteiger partial charge in [-0.3, -0.25) is 4.90 Å². The summed E-state index contributed by atoms with van der Waals surface area (Å²) in [4.78, 5) is 21.7. The molecule has 3 heterocycles. The van der Waals surface area contributed by atoms with Crippen molar-refractivity contribution in [3.8, 4) is 0 Å². The van der Waals surface area contributed by atoms with E-state index in [2.05, 4.69) is 44.0 Å². The van der Waals surface area contributed by atoms with Gasteiger partial charge in [0.25, 0.3) is 0 Å². The SMILES string of the molecule is O=C(NCc1nccn1CCc1ccccc1)N1CCC[C@H]1CN1CCOCC1. The summed E-state index contributed by atoms with van der Waals surface area (Å²) in [6.45, 7) is 6.62. The lowest BCUT2D eigenvalue weighted by atomic mass is 10.1. The molecule has 7 heteroatoms. The van der Waals surface area contributed by atoms with Crippen LogP contribution in [-0.2, 0) is 24.2 Å². The molecule has 2 saturated heterocycles. The first-order valence-electron chi connectivity index (χ1n) is 10.7. The molecule has 2 fully saturated rings. The molecule has 2 amide bonds. The van der Waals surface area contributed by atoms with Gasteiger partial charge in [0.2, 0.25) is 0 Å². The summed E-state index contributed by atoms with van der Waals surface area (Å²) in [5.41, 5.74) is 1.30. The van der Waals surface area contributed by atoms with Crippen LogP contribution in [0, 0.1) is 0 Å². The van der Waals surface area contributed by atoms with Crippen molar-refractivity contribution in [2.45, 2.75) is 38.4 Å². The zero-order valence-corrected chi connectivity index (χ0v) is 17.0. The molecule has 29 heavy (non-hydrogen) atoms. The molecule has 2 aromatic rings. The Morgan fingerprint density at radius 1 is 1.17 bits per heavy atom. The van der Waals surface area contributed by atoms with Crippen molar-refractivity contribution in [3.05, 3.63) is 54.1 Å². The zero-order chi connectivity index (χ0) is 19.9. The number of likely N-dealkylation sites (tertiary alicyclic amines) is 1. The number of hydrogen-bond acceptors (Lipinski definition) is 4. The van der Waals surface area contributed by atoms with Crippen molar-refractivity contribution in [1.29, 1.82) is 0 Å². The topological polar surface area (TPSA) is 62.6 Å². The molecule has 1 aromatic carbocycles. The molecule has 1 atom stereocenters. The van der Waals surface area contributed by atoms with E-state index >= 15 is 0 Å². The van der Waals surface area contributed by atoms with Gasteiger partial charge in [-0.1, -0.05) is 30.3 Å². The molecule has 0 unspecified atom stereocenters. The standard InChI is InChI=1S/C22H31N5O2/c28-22(27-10-4-7-20(27)18-25-13-15-29-16-14-25)24-17-21-23-9-12-26(21)11-8-19-5-2-1-3-6-19/h1-3,5-6,9,12,20H,4,7-8,10-11,13-18H2,(H,24,28)/t20-/m0/s1. The van der Waals surface area contributed by atoms with E-state index < -0.39 is 0 Å². The third-order valence-electron chi connectivity index (χ3n) is 5.89. The van der Waals surface area contributed by atoms with Crippen LogP contribution in [0.15, 0.2) is 42.7 Å². The predicted octanol–water partition coefficient (Wildman–Crippen LogP) is 2.13. The Hall–Kier alpha value is -2.38. The second-order valence-corrected chi connectivity index (χ2v) is 7.83. The minimum atomic E-state index is 0.0263. The molecule has 0 spiro atoms. The summed E-state index contributed by atoms with van der Waals surface area (Å²) >= 11 is 0. The molecule has 156 valence electrons. The Morgan fingerprint density at radius 3 is 2.83 bits per heavy atom. The lowest BCUT2D eigenvalue weighted by Gasteiger charge is -2.32. The Labute approximate surface area is 172 Å². The van der Waals surface area contributed by atoms with Crippen molar-refractivity contribution in [1.82, 2.24) is 24.7 Å². The van der Waals surface area contributed by atoms with Crippen LogP contribution in [0.5, 0.6) is 0 Å². The number of carbonyl (C=O) groups is 1. The van der Waals surface area contributed by atoms with Gasteiger partial charge in [-0.25, -0.2) is 9.78 Å². The van der Waals surface area contributed by atoms with Crippen molar-refractivity contribution in [2.24, 2.45) is 0 Å². The summed E-state index contributed by atoms with van der Waals surface area (Å²) in [5.74, 6) is 0.901. The summed E-state index contributed by atoms with van der Waals surface area (Å²) in [7, 11) is 0. The van der Waals surface area contributed by atoms with Gasteiger partial charge in [0.15, 0.2) is 0 Å². The molecule has 0 bridgehead atoms. The van der Waals surface area contributed by atoms with Crippen LogP contribution in [0.25, 0.3) is 0 Å². The van der Waals surface area contributed by atoms with Crippen molar-refractivity contribution in [3.63, 3.8) is 0 Å². The van der Waals surface area contributed by atoms with E-state index in [1.165, 1.54) is 5.56 Å². The third-order valence-corrected chi connectivity index (χ3v) is 5.89. The van der Waals surface area contributed by atoms with Crippen LogP contribution < -0.4 is 5.32 Å². The molecule has 0 aliphatic carbocycles. The number of nitrogens with zero attached hydrogens (tertiary/aromatic N) is 4. The van der Waals surface area contributed by atoms with Crippen molar-refractivity contribution >= 4 is 6.03 Å². The molecule has 0 radical (unpaired) electrons.